The van der Waals surface area contributed by atoms with E-state index < -0.39 is 5.97 Å². The fourth-order valence-corrected chi connectivity index (χ4v) is 3.18. The number of fused-ring (bicyclic) bond motifs is 2. The molecule has 2 aliphatic heterocycles. The Hall–Kier alpha value is -2.55. The summed E-state index contributed by atoms with van der Waals surface area (Å²) in [5.41, 5.74) is 5.87. The van der Waals surface area contributed by atoms with E-state index in [-0.39, 0.29) is 0 Å². The van der Waals surface area contributed by atoms with E-state index >= 15 is 0 Å². The number of benzene rings is 2. The van der Waals surface area contributed by atoms with Crippen LogP contribution < -0.4 is 4.90 Å². The molecule has 2 aromatic carbocycles. The normalized spacial score (nSPS) is 14.7. The topological polar surface area (TPSA) is 40.5 Å². The molecule has 0 atom stereocenters. The maximum absolute atomic E-state index is 11.4. The quantitative estimate of drug-likeness (QED) is 0.855. The first kappa shape index (κ1) is 11.3. The average molecular weight is 263 g/mol. The van der Waals surface area contributed by atoms with Gasteiger partial charge in [0.1, 0.15) is 0 Å². The SMILES string of the molecule is O=C(O)c1cccc2c1C=Cc1cccc3c1N2CC3. The van der Waals surface area contributed by atoms with Crippen molar-refractivity contribution < 1.29 is 9.90 Å². The predicted octanol–water partition coefficient (Wildman–Crippen LogP) is 3.56. The van der Waals surface area contributed by atoms with E-state index in [2.05, 4.69) is 23.1 Å². The lowest BCUT2D eigenvalue weighted by Gasteiger charge is -2.22. The molecule has 0 fully saturated rings. The van der Waals surface area contributed by atoms with Crippen LogP contribution in [-0.2, 0) is 6.42 Å². The van der Waals surface area contributed by atoms with Crippen LogP contribution >= 0.6 is 0 Å². The first-order valence-electron chi connectivity index (χ1n) is 6.69. The van der Waals surface area contributed by atoms with E-state index in [0.29, 0.717) is 5.56 Å². The zero-order valence-electron chi connectivity index (χ0n) is 10.8. The highest BCUT2D eigenvalue weighted by Gasteiger charge is 2.27. The third kappa shape index (κ3) is 1.43. The van der Waals surface area contributed by atoms with Gasteiger partial charge in [0.25, 0.3) is 0 Å². The zero-order valence-corrected chi connectivity index (χ0v) is 10.8. The van der Waals surface area contributed by atoms with Crippen molar-refractivity contribution in [3.8, 4) is 0 Å². The summed E-state index contributed by atoms with van der Waals surface area (Å²) in [4.78, 5) is 13.7. The Morgan fingerprint density at radius 3 is 2.80 bits per heavy atom. The van der Waals surface area contributed by atoms with Gasteiger partial charge < -0.3 is 10.0 Å². The largest absolute Gasteiger partial charge is 0.478 e. The molecule has 1 N–H and O–H groups in total. The van der Waals surface area contributed by atoms with Gasteiger partial charge in [0, 0.05) is 17.8 Å². The number of nitrogens with zero attached hydrogens (tertiary/aromatic N) is 1. The molecule has 0 bridgehead atoms. The van der Waals surface area contributed by atoms with Crippen molar-refractivity contribution >= 4 is 29.5 Å². The Kier molecular flexibility index (Phi) is 2.24. The maximum Gasteiger partial charge on any atom is 0.336 e. The van der Waals surface area contributed by atoms with Crippen LogP contribution in [0.3, 0.4) is 0 Å². The van der Waals surface area contributed by atoms with Crippen LogP contribution in [0.15, 0.2) is 36.4 Å². The average Bonchev–Trinajstić information content (AvgIpc) is 2.81. The smallest absolute Gasteiger partial charge is 0.336 e. The summed E-state index contributed by atoms with van der Waals surface area (Å²) in [6.07, 6.45) is 4.95. The van der Waals surface area contributed by atoms with Crippen LogP contribution in [0.2, 0.25) is 0 Å². The number of para-hydroxylation sites is 1. The van der Waals surface area contributed by atoms with Gasteiger partial charge in [-0.1, -0.05) is 36.4 Å². The third-order valence-electron chi connectivity index (χ3n) is 4.06. The van der Waals surface area contributed by atoms with Crippen LogP contribution in [0.25, 0.3) is 12.2 Å². The zero-order chi connectivity index (χ0) is 13.7. The van der Waals surface area contributed by atoms with Gasteiger partial charge in [-0.15, -0.1) is 0 Å². The Morgan fingerprint density at radius 2 is 1.95 bits per heavy atom. The van der Waals surface area contributed by atoms with Gasteiger partial charge in [0.15, 0.2) is 0 Å². The molecule has 3 heteroatoms. The van der Waals surface area contributed by atoms with E-state index in [4.69, 9.17) is 0 Å². The lowest BCUT2D eigenvalue weighted by atomic mass is 10.0. The molecule has 0 amide bonds. The fourth-order valence-electron chi connectivity index (χ4n) is 3.18. The van der Waals surface area contributed by atoms with Crippen LogP contribution in [0.4, 0.5) is 11.4 Å². The summed E-state index contributed by atoms with van der Waals surface area (Å²) in [6, 6.07) is 11.8. The van der Waals surface area contributed by atoms with Crippen molar-refractivity contribution in [2.24, 2.45) is 0 Å². The second-order valence-corrected chi connectivity index (χ2v) is 5.13. The van der Waals surface area contributed by atoms with Crippen molar-refractivity contribution in [3.63, 3.8) is 0 Å². The summed E-state index contributed by atoms with van der Waals surface area (Å²) in [5, 5.41) is 9.37. The molecule has 2 aromatic rings. The van der Waals surface area contributed by atoms with Crippen LogP contribution in [0, 0.1) is 0 Å². The summed E-state index contributed by atoms with van der Waals surface area (Å²) in [6.45, 7) is 0.907. The molecule has 0 aliphatic carbocycles. The Labute approximate surface area is 116 Å². The van der Waals surface area contributed by atoms with Crippen molar-refractivity contribution in [1.82, 2.24) is 0 Å². The highest BCUT2D eigenvalue weighted by atomic mass is 16.4. The van der Waals surface area contributed by atoms with Crippen LogP contribution in [0.1, 0.15) is 27.0 Å². The Balaban J connectivity index is 2.03. The number of anilines is 2. The van der Waals surface area contributed by atoms with E-state index in [0.717, 1.165) is 29.8 Å². The molecular weight excluding hydrogens is 250 g/mol. The van der Waals surface area contributed by atoms with Gasteiger partial charge >= 0.3 is 5.97 Å². The van der Waals surface area contributed by atoms with Gasteiger partial charge in [0.2, 0.25) is 0 Å². The van der Waals surface area contributed by atoms with Crippen molar-refractivity contribution in [2.75, 3.05) is 11.4 Å². The van der Waals surface area contributed by atoms with Gasteiger partial charge in [-0.2, -0.15) is 0 Å². The number of carbonyl (C=O) groups is 1. The molecule has 0 unspecified atom stereocenters. The van der Waals surface area contributed by atoms with Crippen LogP contribution in [-0.4, -0.2) is 17.6 Å². The number of hydrogen-bond donors (Lipinski definition) is 1. The molecule has 20 heavy (non-hydrogen) atoms. The van der Waals surface area contributed by atoms with Crippen molar-refractivity contribution in [2.45, 2.75) is 6.42 Å². The number of hydrogen-bond acceptors (Lipinski definition) is 2. The van der Waals surface area contributed by atoms with E-state index in [1.54, 1.807) is 6.07 Å². The first-order chi connectivity index (χ1) is 9.75. The third-order valence-corrected chi connectivity index (χ3v) is 4.06. The standard InChI is InChI=1S/C17H13NO2/c19-17(20)14-5-2-6-15-13(14)8-7-11-3-1-4-12-9-10-18(15)16(11)12/h1-8H,9-10H2,(H,19,20). The minimum Gasteiger partial charge on any atom is -0.478 e. The molecule has 98 valence electrons. The molecule has 2 heterocycles. The maximum atomic E-state index is 11.4. The monoisotopic (exact) mass is 263 g/mol. The first-order valence-corrected chi connectivity index (χ1v) is 6.69. The predicted molar refractivity (Wildman–Crippen MR) is 79.5 cm³/mol. The molecular formula is C17H13NO2. The highest BCUT2D eigenvalue weighted by molar-refractivity contribution is 6.00. The van der Waals surface area contributed by atoms with E-state index in [1.165, 1.54) is 11.3 Å². The van der Waals surface area contributed by atoms with Crippen molar-refractivity contribution in [3.05, 3.63) is 58.7 Å². The van der Waals surface area contributed by atoms with Crippen molar-refractivity contribution in [1.29, 1.82) is 0 Å². The minimum absolute atomic E-state index is 0.361. The van der Waals surface area contributed by atoms with E-state index in [1.807, 2.05) is 24.3 Å². The van der Waals surface area contributed by atoms with Gasteiger partial charge in [-0.25, -0.2) is 4.79 Å². The molecule has 4 rings (SSSR count). The summed E-state index contributed by atoms with van der Waals surface area (Å²) in [7, 11) is 0. The molecule has 0 radical (unpaired) electrons. The lowest BCUT2D eigenvalue weighted by molar-refractivity contribution is 0.0696. The van der Waals surface area contributed by atoms with Gasteiger partial charge in [-0.05, 0) is 29.7 Å². The van der Waals surface area contributed by atoms with Gasteiger partial charge in [0.05, 0.1) is 11.3 Å². The summed E-state index contributed by atoms with van der Waals surface area (Å²) >= 11 is 0. The molecule has 0 aromatic heterocycles. The Bertz CT molecular complexity index is 762. The number of rotatable bonds is 1. The number of carboxylic acids is 1. The van der Waals surface area contributed by atoms with E-state index in [9.17, 15) is 9.90 Å². The summed E-state index contributed by atoms with van der Waals surface area (Å²) < 4.78 is 0. The highest BCUT2D eigenvalue weighted by Crippen LogP contribution is 2.42. The molecule has 0 saturated heterocycles. The fraction of sp³-hybridized carbons (Fsp3) is 0.118. The molecule has 2 aliphatic rings. The molecule has 0 spiro atoms. The lowest BCUT2D eigenvalue weighted by Crippen LogP contribution is -2.15. The Morgan fingerprint density at radius 1 is 1.10 bits per heavy atom. The second kappa shape index (κ2) is 3.97. The minimum atomic E-state index is -0.878. The van der Waals surface area contributed by atoms with Gasteiger partial charge in [-0.3, -0.25) is 0 Å². The molecule has 0 saturated carbocycles. The summed E-state index contributed by atoms with van der Waals surface area (Å²) in [5.74, 6) is -0.878. The number of aromatic carboxylic acids is 1. The second-order valence-electron chi connectivity index (χ2n) is 5.13. The van der Waals surface area contributed by atoms with Crippen LogP contribution in [0.5, 0.6) is 0 Å². The number of carboxylic acid groups (broad SMARTS) is 1. The molecule has 3 nitrogen and oxygen atoms in total.